The van der Waals surface area contributed by atoms with Crippen molar-refractivity contribution in [2.45, 2.75) is 32.4 Å². The fraction of sp³-hybridized carbons (Fsp3) is 0.348. The number of methoxy groups -OCH3 is 1. The van der Waals surface area contributed by atoms with Crippen molar-refractivity contribution in [2.24, 2.45) is 0 Å². The van der Waals surface area contributed by atoms with E-state index in [2.05, 4.69) is 4.98 Å². The highest BCUT2D eigenvalue weighted by Crippen LogP contribution is 2.39. The van der Waals surface area contributed by atoms with Gasteiger partial charge in [0, 0.05) is 31.1 Å². The van der Waals surface area contributed by atoms with Crippen LogP contribution in [0.3, 0.4) is 0 Å². The molecular weight excluding hydrogens is 384 g/mol. The van der Waals surface area contributed by atoms with Gasteiger partial charge >= 0.3 is 0 Å². The van der Waals surface area contributed by atoms with Crippen molar-refractivity contribution >= 4 is 17.4 Å². The highest BCUT2D eigenvalue weighted by molar-refractivity contribution is 6.46. The van der Waals surface area contributed by atoms with Crippen LogP contribution in [0.15, 0.2) is 54.4 Å². The number of carbonyl (C=O) groups excluding carboxylic acids is 2. The fourth-order valence-electron chi connectivity index (χ4n) is 3.47. The van der Waals surface area contributed by atoms with Gasteiger partial charge in [-0.05, 0) is 44.0 Å². The van der Waals surface area contributed by atoms with E-state index in [1.165, 1.54) is 12.0 Å². The molecule has 7 heteroatoms. The van der Waals surface area contributed by atoms with Crippen molar-refractivity contribution < 1.29 is 24.2 Å². The van der Waals surface area contributed by atoms with Gasteiger partial charge in [0.2, 0.25) is 0 Å². The Morgan fingerprint density at radius 1 is 1.23 bits per heavy atom. The maximum atomic E-state index is 12.9. The summed E-state index contributed by atoms with van der Waals surface area (Å²) in [5, 5.41) is 11.0. The summed E-state index contributed by atoms with van der Waals surface area (Å²) in [6.07, 6.45) is 3.88. The molecule has 1 aromatic heterocycles. The van der Waals surface area contributed by atoms with Crippen molar-refractivity contribution in [3.05, 3.63) is 65.5 Å². The molecule has 1 aliphatic heterocycles. The lowest BCUT2D eigenvalue weighted by atomic mass is 9.96. The predicted molar refractivity (Wildman–Crippen MR) is 112 cm³/mol. The highest BCUT2D eigenvalue weighted by atomic mass is 16.5. The third kappa shape index (κ3) is 4.52. The molecule has 0 spiro atoms. The zero-order valence-corrected chi connectivity index (χ0v) is 17.4. The van der Waals surface area contributed by atoms with Crippen LogP contribution in [0.25, 0.3) is 5.76 Å². The third-order valence-corrected chi connectivity index (χ3v) is 4.88. The van der Waals surface area contributed by atoms with E-state index >= 15 is 0 Å². The van der Waals surface area contributed by atoms with Crippen molar-refractivity contribution in [1.29, 1.82) is 0 Å². The van der Waals surface area contributed by atoms with Crippen LogP contribution in [0.2, 0.25) is 0 Å². The SMILES string of the molecule is COc1cccc(/C(O)=C2/C(=O)C(=O)N(CCCOC(C)C)C2c2cccnc2)c1. The van der Waals surface area contributed by atoms with E-state index in [1.807, 2.05) is 13.8 Å². The topological polar surface area (TPSA) is 89.0 Å². The zero-order valence-electron chi connectivity index (χ0n) is 17.4. The van der Waals surface area contributed by atoms with E-state index < -0.39 is 17.7 Å². The lowest BCUT2D eigenvalue weighted by Gasteiger charge is -2.25. The van der Waals surface area contributed by atoms with E-state index in [0.29, 0.717) is 36.4 Å². The number of Topliss-reactive ketones (excluding diaryl/α,β-unsaturated/α-hetero) is 1. The van der Waals surface area contributed by atoms with Gasteiger partial charge in [-0.3, -0.25) is 14.6 Å². The molecule has 0 aliphatic carbocycles. The molecule has 158 valence electrons. The first-order valence-corrected chi connectivity index (χ1v) is 9.88. The van der Waals surface area contributed by atoms with Crippen LogP contribution in [0, 0.1) is 0 Å². The Bertz CT molecular complexity index is 940. The number of benzene rings is 1. The first-order valence-electron chi connectivity index (χ1n) is 9.88. The molecule has 30 heavy (non-hydrogen) atoms. The average molecular weight is 410 g/mol. The minimum atomic E-state index is -0.719. The largest absolute Gasteiger partial charge is 0.507 e. The summed E-state index contributed by atoms with van der Waals surface area (Å²) in [6.45, 7) is 4.67. The molecule has 3 rings (SSSR count). The van der Waals surface area contributed by atoms with Gasteiger partial charge in [0.1, 0.15) is 11.5 Å². The molecule has 2 aromatic rings. The Morgan fingerprint density at radius 2 is 2.03 bits per heavy atom. The molecule has 7 nitrogen and oxygen atoms in total. The van der Waals surface area contributed by atoms with Crippen LogP contribution >= 0.6 is 0 Å². The molecule has 1 saturated heterocycles. The third-order valence-electron chi connectivity index (χ3n) is 4.88. The Hall–Kier alpha value is -3.19. The first-order chi connectivity index (χ1) is 14.4. The average Bonchev–Trinajstić information content (AvgIpc) is 3.01. The predicted octanol–water partition coefficient (Wildman–Crippen LogP) is 3.33. The van der Waals surface area contributed by atoms with Crippen molar-refractivity contribution in [2.75, 3.05) is 20.3 Å². The molecule has 1 atom stereocenters. The number of ether oxygens (including phenoxy) is 2. The van der Waals surface area contributed by atoms with E-state index in [0.717, 1.165) is 0 Å². The van der Waals surface area contributed by atoms with Crippen molar-refractivity contribution in [1.82, 2.24) is 9.88 Å². The summed E-state index contributed by atoms with van der Waals surface area (Å²) < 4.78 is 10.8. The molecular formula is C23H26N2O5. The van der Waals surface area contributed by atoms with Crippen molar-refractivity contribution in [3.63, 3.8) is 0 Å². The number of amides is 1. The van der Waals surface area contributed by atoms with Crippen molar-refractivity contribution in [3.8, 4) is 5.75 Å². The van der Waals surface area contributed by atoms with Crippen LogP contribution in [0.5, 0.6) is 5.75 Å². The van der Waals surface area contributed by atoms with Crippen LogP contribution in [0.1, 0.15) is 37.4 Å². The number of nitrogens with zero attached hydrogens (tertiary/aromatic N) is 2. The van der Waals surface area contributed by atoms with E-state index in [1.54, 1.807) is 48.8 Å². The number of aromatic nitrogens is 1. The molecule has 1 aromatic carbocycles. The van der Waals surface area contributed by atoms with Gasteiger partial charge in [0.15, 0.2) is 0 Å². The Kier molecular flexibility index (Phi) is 6.84. The summed E-state index contributed by atoms with van der Waals surface area (Å²) in [5.41, 5.74) is 1.11. The number of likely N-dealkylation sites (tertiary alicyclic amines) is 1. The Balaban J connectivity index is 2.01. The molecule has 1 amide bonds. The molecule has 1 fully saturated rings. The molecule has 1 aliphatic rings. The summed E-state index contributed by atoms with van der Waals surface area (Å²) in [6, 6.07) is 9.56. The Labute approximate surface area is 175 Å². The van der Waals surface area contributed by atoms with E-state index in [4.69, 9.17) is 9.47 Å². The quantitative estimate of drug-likeness (QED) is 0.311. The maximum absolute atomic E-state index is 12.9. The van der Waals surface area contributed by atoms with Gasteiger partial charge in [-0.25, -0.2) is 0 Å². The van der Waals surface area contributed by atoms with E-state index in [9.17, 15) is 14.7 Å². The summed E-state index contributed by atoms with van der Waals surface area (Å²) in [7, 11) is 1.52. The molecule has 1 unspecified atom stereocenters. The Morgan fingerprint density at radius 3 is 2.70 bits per heavy atom. The molecule has 1 N–H and O–H groups in total. The number of aliphatic hydroxyl groups excluding tert-OH is 1. The smallest absolute Gasteiger partial charge is 0.295 e. The van der Waals surface area contributed by atoms with Crippen LogP contribution in [-0.2, 0) is 14.3 Å². The normalized spacial score (nSPS) is 18.3. The maximum Gasteiger partial charge on any atom is 0.295 e. The molecule has 0 radical (unpaired) electrons. The van der Waals surface area contributed by atoms with Gasteiger partial charge < -0.3 is 19.5 Å². The zero-order chi connectivity index (χ0) is 21.7. The highest BCUT2D eigenvalue weighted by Gasteiger charge is 2.45. The second-order valence-electron chi connectivity index (χ2n) is 7.28. The van der Waals surface area contributed by atoms with Gasteiger partial charge in [0.25, 0.3) is 11.7 Å². The van der Waals surface area contributed by atoms with Crippen LogP contribution in [0.4, 0.5) is 0 Å². The summed E-state index contributed by atoms with van der Waals surface area (Å²) in [5.74, 6) is -1.05. The number of hydrogen-bond donors (Lipinski definition) is 1. The van der Waals surface area contributed by atoms with Gasteiger partial charge in [-0.15, -0.1) is 0 Å². The lowest BCUT2D eigenvalue weighted by Crippen LogP contribution is -2.31. The number of aliphatic hydroxyl groups is 1. The van der Waals surface area contributed by atoms with Gasteiger partial charge in [0.05, 0.1) is 24.8 Å². The second kappa shape index (κ2) is 9.54. The van der Waals surface area contributed by atoms with Crippen LogP contribution in [-0.4, -0.2) is 53.0 Å². The molecule has 2 heterocycles. The number of pyridine rings is 1. The molecule has 0 bridgehead atoms. The van der Waals surface area contributed by atoms with Gasteiger partial charge in [-0.1, -0.05) is 18.2 Å². The monoisotopic (exact) mass is 410 g/mol. The number of ketones is 1. The first kappa shape index (κ1) is 21.5. The number of carbonyl (C=O) groups is 2. The summed E-state index contributed by atoms with van der Waals surface area (Å²) in [4.78, 5) is 31.4. The standard InChI is InChI=1S/C23H26N2O5/c1-15(2)30-12-6-11-25-20(17-8-5-10-24-14-17)19(22(27)23(25)28)21(26)16-7-4-9-18(13-16)29-3/h4-5,7-10,13-15,20,26H,6,11-12H2,1-3H3/b21-19-. The van der Waals surface area contributed by atoms with Gasteiger partial charge in [-0.2, -0.15) is 0 Å². The minimum absolute atomic E-state index is 0.0473. The summed E-state index contributed by atoms with van der Waals surface area (Å²) >= 11 is 0. The lowest BCUT2D eigenvalue weighted by molar-refractivity contribution is -0.140. The number of hydrogen-bond acceptors (Lipinski definition) is 6. The molecule has 0 saturated carbocycles. The second-order valence-corrected chi connectivity index (χ2v) is 7.28. The minimum Gasteiger partial charge on any atom is -0.507 e. The van der Waals surface area contributed by atoms with Crippen LogP contribution < -0.4 is 4.74 Å². The van der Waals surface area contributed by atoms with E-state index in [-0.39, 0.29) is 17.4 Å². The fourth-order valence-corrected chi connectivity index (χ4v) is 3.47. The number of rotatable bonds is 8.